The molecule has 1 aliphatic heterocycles. The molecule has 0 saturated carbocycles. The van der Waals surface area contributed by atoms with Crippen LogP contribution in [0.3, 0.4) is 0 Å². The fourth-order valence-electron chi connectivity index (χ4n) is 4.14. The van der Waals surface area contributed by atoms with Crippen LogP contribution in [-0.2, 0) is 29.5 Å². The van der Waals surface area contributed by atoms with Gasteiger partial charge >= 0.3 is 0 Å². The molecule has 2 heterocycles. The molecule has 2 N–H and O–H groups in total. The summed E-state index contributed by atoms with van der Waals surface area (Å²) in [5, 5.41) is 11.2. The van der Waals surface area contributed by atoms with Gasteiger partial charge in [-0.3, -0.25) is 0 Å². The number of nitrogens with zero attached hydrogens (tertiary/aromatic N) is 2. The van der Waals surface area contributed by atoms with Gasteiger partial charge in [0.2, 0.25) is 0 Å². The fourth-order valence-corrected chi connectivity index (χ4v) is 4.14. The van der Waals surface area contributed by atoms with Crippen LogP contribution in [0.25, 0.3) is 0 Å². The Morgan fingerprint density at radius 2 is 1.81 bits per heavy atom. The van der Waals surface area contributed by atoms with Crippen LogP contribution in [0.5, 0.6) is 5.75 Å². The topological polar surface area (TPSA) is 80.9 Å². The lowest BCUT2D eigenvalue weighted by atomic mass is 9.74. The molecular formula is C24H37IN4O3. The summed E-state index contributed by atoms with van der Waals surface area (Å²) in [5.41, 5.74) is 3.41. The lowest BCUT2D eigenvalue weighted by Crippen LogP contribution is -2.48. The minimum atomic E-state index is 0. The van der Waals surface area contributed by atoms with Crippen molar-refractivity contribution in [2.24, 2.45) is 4.99 Å². The zero-order valence-corrected chi connectivity index (χ0v) is 22.0. The summed E-state index contributed by atoms with van der Waals surface area (Å²) in [7, 11) is 1.70. The van der Waals surface area contributed by atoms with Crippen LogP contribution in [0.4, 0.5) is 0 Å². The second-order valence-electron chi connectivity index (χ2n) is 7.91. The Morgan fingerprint density at radius 3 is 2.41 bits per heavy atom. The first-order valence-corrected chi connectivity index (χ1v) is 11.4. The van der Waals surface area contributed by atoms with Gasteiger partial charge in [-0.1, -0.05) is 31.1 Å². The van der Waals surface area contributed by atoms with E-state index in [1.54, 1.807) is 7.11 Å². The van der Waals surface area contributed by atoms with Crippen LogP contribution in [-0.4, -0.2) is 44.5 Å². The van der Waals surface area contributed by atoms with E-state index in [1.807, 2.05) is 12.1 Å². The zero-order chi connectivity index (χ0) is 22.1. The number of aromatic nitrogens is 1. The third kappa shape index (κ3) is 6.37. The standard InChI is InChI=1S/C24H36N4O3.HI/c1-5-21-20(22(6-2)31-28-21)16-26-23(25-7-3)27-17-24(12-14-30-15-13-24)18-8-10-19(29-4)11-9-18;/h8-11H,5-7,12-17H2,1-4H3,(H2,25,26,27);1H. The molecule has 0 unspecified atom stereocenters. The predicted molar refractivity (Wildman–Crippen MR) is 138 cm³/mol. The van der Waals surface area contributed by atoms with Crippen LogP contribution in [0.1, 0.15) is 56.2 Å². The van der Waals surface area contributed by atoms with Crippen molar-refractivity contribution in [2.45, 2.75) is 58.4 Å². The zero-order valence-electron chi connectivity index (χ0n) is 19.7. The number of nitrogens with one attached hydrogen (secondary N) is 2. The Labute approximate surface area is 208 Å². The van der Waals surface area contributed by atoms with Crippen molar-refractivity contribution >= 4 is 29.9 Å². The molecule has 0 aliphatic carbocycles. The van der Waals surface area contributed by atoms with Crippen molar-refractivity contribution < 1.29 is 14.0 Å². The number of benzene rings is 1. The summed E-state index contributed by atoms with van der Waals surface area (Å²) in [6.45, 7) is 9.94. The maximum atomic E-state index is 5.68. The molecule has 8 heteroatoms. The maximum absolute atomic E-state index is 5.68. The van der Waals surface area contributed by atoms with E-state index in [2.05, 4.69) is 48.7 Å². The van der Waals surface area contributed by atoms with Gasteiger partial charge in [-0.25, -0.2) is 4.99 Å². The normalized spacial score (nSPS) is 15.7. The number of hydrogen-bond acceptors (Lipinski definition) is 5. The first-order chi connectivity index (χ1) is 15.2. The Bertz CT molecular complexity index is 824. The van der Waals surface area contributed by atoms with E-state index in [9.17, 15) is 0 Å². The molecule has 0 amide bonds. The number of halogens is 1. The van der Waals surface area contributed by atoms with E-state index >= 15 is 0 Å². The van der Waals surface area contributed by atoms with Gasteiger partial charge in [0.05, 0.1) is 19.3 Å². The van der Waals surface area contributed by atoms with Crippen molar-refractivity contribution in [1.29, 1.82) is 0 Å². The van der Waals surface area contributed by atoms with Crippen LogP contribution in [0.2, 0.25) is 0 Å². The number of aliphatic imine (C=N–C) groups is 1. The van der Waals surface area contributed by atoms with Gasteiger partial charge in [0.15, 0.2) is 5.96 Å². The summed E-state index contributed by atoms with van der Waals surface area (Å²) in [6, 6.07) is 8.43. The minimum absolute atomic E-state index is 0. The molecule has 0 radical (unpaired) electrons. The molecule has 3 rings (SSSR count). The molecule has 0 bridgehead atoms. The van der Waals surface area contributed by atoms with Gasteiger partial charge in [0.25, 0.3) is 0 Å². The van der Waals surface area contributed by atoms with Gasteiger partial charge in [0, 0.05) is 43.7 Å². The summed E-state index contributed by atoms with van der Waals surface area (Å²) in [4.78, 5) is 4.85. The molecular weight excluding hydrogens is 519 g/mol. The number of rotatable bonds is 9. The van der Waals surface area contributed by atoms with Gasteiger partial charge in [0.1, 0.15) is 11.5 Å². The number of ether oxygens (including phenoxy) is 2. The molecule has 2 aromatic rings. The molecule has 1 aromatic carbocycles. The molecule has 0 atom stereocenters. The summed E-state index contributed by atoms with van der Waals surface area (Å²) < 4.78 is 16.5. The van der Waals surface area contributed by atoms with Crippen LogP contribution >= 0.6 is 24.0 Å². The largest absolute Gasteiger partial charge is 0.497 e. The highest BCUT2D eigenvalue weighted by molar-refractivity contribution is 14.0. The minimum Gasteiger partial charge on any atom is -0.497 e. The van der Waals surface area contributed by atoms with E-state index < -0.39 is 0 Å². The Morgan fingerprint density at radius 1 is 1.09 bits per heavy atom. The number of guanidine groups is 1. The second-order valence-corrected chi connectivity index (χ2v) is 7.91. The van der Waals surface area contributed by atoms with E-state index in [-0.39, 0.29) is 29.4 Å². The molecule has 1 fully saturated rings. The fraction of sp³-hybridized carbons (Fsp3) is 0.583. The van der Waals surface area contributed by atoms with Crippen molar-refractivity contribution in [3.05, 3.63) is 46.8 Å². The van der Waals surface area contributed by atoms with Crippen molar-refractivity contribution in [1.82, 2.24) is 15.8 Å². The summed E-state index contributed by atoms with van der Waals surface area (Å²) in [5.74, 6) is 2.61. The second kappa shape index (κ2) is 13.0. The molecule has 178 valence electrons. The average molecular weight is 556 g/mol. The lowest BCUT2D eigenvalue weighted by molar-refractivity contribution is 0.0513. The first kappa shape index (κ1) is 26.4. The van der Waals surface area contributed by atoms with Gasteiger partial charge < -0.3 is 24.6 Å². The van der Waals surface area contributed by atoms with Crippen molar-refractivity contribution in [2.75, 3.05) is 33.4 Å². The molecule has 7 nitrogen and oxygen atoms in total. The van der Waals surface area contributed by atoms with Crippen LogP contribution in [0.15, 0.2) is 33.8 Å². The van der Waals surface area contributed by atoms with E-state index in [0.29, 0.717) is 6.54 Å². The van der Waals surface area contributed by atoms with Gasteiger partial charge in [-0.15, -0.1) is 24.0 Å². The van der Waals surface area contributed by atoms with E-state index in [0.717, 1.165) is 80.7 Å². The number of methoxy groups -OCH3 is 1. The molecule has 1 aliphatic rings. The highest BCUT2D eigenvalue weighted by Crippen LogP contribution is 2.35. The summed E-state index contributed by atoms with van der Waals surface area (Å²) in [6.07, 6.45) is 3.61. The highest BCUT2D eigenvalue weighted by atomic mass is 127. The van der Waals surface area contributed by atoms with Crippen LogP contribution in [0, 0.1) is 0 Å². The SMILES string of the molecule is CCNC(=NCc1c(CC)noc1CC)NCC1(c2ccc(OC)cc2)CCOCC1.I. The smallest absolute Gasteiger partial charge is 0.191 e. The molecule has 1 aromatic heterocycles. The van der Waals surface area contributed by atoms with E-state index in [1.165, 1.54) is 5.56 Å². The number of aryl methyl sites for hydroxylation is 2. The van der Waals surface area contributed by atoms with Crippen molar-refractivity contribution in [3.63, 3.8) is 0 Å². The third-order valence-electron chi connectivity index (χ3n) is 6.09. The maximum Gasteiger partial charge on any atom is 0.191 e. The Hall–Kier alpha value is -1.81. The molecule has 1 saturated heterocycles. The Kier molecular flexibility index (Phi) is 10.8. The van der Waals surface area contributed by atoms with Crippen LogP contribution < -0.4 is 15.4 Å². The quantitative estimate of drug-likeness (QED) is 0.274. The average Bonchev–Trinajstić information content (AvgIpc) is 3.23. The first-order valence-electron chi connectivity index (χ1n) is 11.4. The predicted octanol–water partition coefficient (Wildman–Crippen LogP) is 4.23. The van der Waals surface area contributed by atoms with Gasteiger partial charge in [-0.05, 0) is 43.9 Å². The Balaban J connectivity index is 0.00000363. The summed E-state index contributed by atoms with van der Waals surface area (Å²) >= 11 is 0. The van der Waals surface area contributed by atoms with E-state index in [4.69, 9.17) is 19.0 Å². The third-order valence-corrected chi connectivity index (χ3v) is 6.09. The molecule has 0 spiro atoms. The lowest BCUT2D eigenvalue weighted by Gasteiger charge is -2.38. The van der Waals surface area contributed by atoms with Crippen molar-refractivity contribution in [3.8, 4) is 5.75 Å². The highest BCUT2D eigenvalue weighted by Gasteiger charge is 2.34. The number of hydrogen-bond donors (Lipinski definition) is 2. The monoisotopic (exact) mass is 556 g/mol. The molecule has 32 heavy (non-hydrogen) atoms. The van der Waals surface area contributed by atoms with Gasteiger partial charge in [-0.2, -0.15) is 0 Å².